The van der Waals surface area contributed by atoms with E-state index in [1.54, 1.807) is 24.3 Å². The topological polar surface area (TPSA) is 74.8 Å². The van der Waals surface area contributed by atoms with Gasteiger partial charge in [0.05, 0.1) is 35.0 Å². The van der Waals surface area contributed by atoms with Crippen LogP contribution in [0, 0.1) is 23.7 Å². The highest BCUT2D eigenvalue weighted by Gasteiger charge is 2.63. The second-order valence-corrected chi connectivity index (χ2v) is 14.1. The molecule has 0 N–H and O–H groups in total. The third-order valence-electron chi connectivity index (χ3n) is 12.3. The van der Waals surface area contributed by atoms with Gasteiger partial charge < -0.3 is 0 Å². The number of rotatable bonds is 2. The summed E-state index contributed by atoms with van der Waals surface area (Å²) in [5.41, 5.74) is 9.98. The molecule has 6 nitrogen and oxygen atoms in total. The normalized spacial score (nSPS) is 29.8. The van der Waals surface area contributed by atoms with Gasteiger partial charge in [-0.2, -0.15) is 0 Å². The number of amides is 4. The maximum atomic E-state index is 14.3. The van der Waals surface area contributed by atoms with Crippen LogP contribution >= 0.6 is 0 Å². The molecule has 0 radical (unpaired) electrons. The van der Waals surface area contributed by atoms with Crippen LogP contribution in [0.25, 0.3) is 0 Å². The molecule has 0 spiro atoms. The molecule has 6 heteroatoms. The van der Waals surface area contributed by atoms with Crippen molar-refractivity contribution in [3.63, 3.8) is 0 Å². The van der Waals surface area contributed by atoms with Crippen LogP contribution in [0.1, 0.15) is 68.2 Å². The smallest absolute Gasteiger partial charge is 0.238 e. The Labute approximate surface area is 276 Å². The van der Waals surface area contributed by atoms with Gasteiger partial charge in [-0.3, -0.25) is 19.2 Å². The minimum atomic E-state index is -0.476. The first-order valence-electron chi connectivity index (χ1n) is 16.8. The molecule has 48 heavy (non-hydrogen) atoms. The molecule has 2 aliphatic heterocycles. The molecule has 13 rings (SSSR count). The summed E-state index contributed by atoms with van der Waals surface area (Å²) >= 11 is 0. The lowest BCUT2D eigenvalue weighted by atomic mass is 9.55. The highest BCUT2D eigenvalue weighted by Crippen LogP contribution is 2.63. The Morgan fingerprint density at radius 2 is 0.479 bits per heavy atom. The lowest BCUT2D eigenvalue weighted by Gasteiger charge is -2.45. The van der Waals surface area contributed by atoms with Gasteiger partial charge in [-0.1, -0.05) is 97.1 Å². The summed E-state index contributed by atoms with van der Waals surface area (Å²) in [5.74, 6) is -3.39. The number of anilines is 2. The fourth-order valence-corrected chi connectivity index (χ4v) is 10.6. The van der Waals surface area contributed by atoms with E-state index in [0.29, 0.717) is 11.4 Å². The molecule has 8 aliphatic rings. The Morgan fingerprint density at radius 1 is 0.292 bits per heavy atom. The van der Waals surface area contributed by atoms with Crippen LogP contribution in [0.4, 0.5) is 11.4 Å². The van der Waals surface area contributed by atoms with Crippen molar-refractivity contribution in [1.82, 2.24) is 0 Å². The Bertz CT molecular complexity index is 1920. The van der Waals surface area contributed by atoms with Crippen molar-refractivity contribution in [2.24, 2.45) is 23.7 Å². The average Bonchev–Trinajstić information content (AvgIpc) is 3.56. The molecular weight excluding hydrogens is 596 g/mol. The minimum Gasteiger partial charge on any atom is -0.274 e. The first-order valence-corrected chi connectivity index (χ1v) is 16.8. The lowest BCUT2D eigenvalue weighted by Crippen LogP contribution is -2.41. The molecule has 230 valence electrons. The summed E-state index contributed by atoms with van der Waals surface area (Å²) in [6, 6.07) is 39.7. The molecule has 0 aromatic heterocycles. The van der Waals surface area contributed by atoms with E-state index in [0.717, 1.165) is 44.5 Å². The van der Waals surface area contributed by atoms with Gasteiger partial charge in [0.25, 0.3) is 0 Å². The molecule has 5 aromatic carbocycles. The quantitative estimate of drug-likeness (QED) is 0.211. The zero-order valence-corrected chi connectivity index (χ0v) is 25.7. The third-order valence-corrected chi connectivity index (χ3v) is 12.3. The van der Waals surface area contributed by atoms with E-state index in [2.05, 4.69) is 48.5 Å². The fraction of sp³-hybridized carbons (Fsp3) is 0.190. The van der Waals surface area contributed by atoms with E-state index in [1.165, 1.54) is 9.80 Å². The lowest BCUT2D eigenvalue weighted by molar-refractivity contribution is -0.124. The number of nitrogens with zero attached hydrogens (tertiary/aromatic N) is 2. The summed E-state index contributed by atoms with van der Waals surface area (Å²) in [4.78, 5) is 59.7. The first kappa shape index (κ1) is 26.4. The summed E-state index contributed by atoms with van der Waals surface area (Å²) in [5, 5.41) is 0. The molecule has 2 saturated heterocycles. The van der Waals surface area contributed by atoms with Crippen molar-refractivity contribution in [3.8, 4) is 0 Å². The van der Waals surface area contributed by atoms with Gasteiger partial charge in [0, 0.05) is 23.7 Å². The maximum absolute atomic E-state index is 14.3. The van der Waals surface area contributed by atoms with Crippen LogP contribution in [0.3, 0.4) is 0 Å². The molecule has 2 fully saturated rings. The first-order chi connectivity index (χ1) is 23.5. The summed E-state index contributed by atoms with van der Waals surface area (Å²) in [6.45, 7) is 0. The van der Waals surface area contributed by atoms with Crippen molar-refractivity contribution in [2.45, 2.75) is 23.7 Å². The van der Waals surface area contributed by atoms with Crippen molar-refractivity contribution in [1.29, 1.82) is 0 Å². The number of carbonyl (C=O) groups excluding carboxylic acids is 4. The monoisotopic (exact) mass is 624 g/mol. The summed E-state index contributed by atoms with van der Waals surface area (Å²) in [6.07, 6.45) is 0. The average molecular weight is 625 g/mol. The number of carbonyl (C=O) groups is 4. The zero-order chi connectivity index (χ0) is 32.0. The van der Waals surface area contributed by atoms with Crippen molar-refractivity contribution in [2.75, 3.05) is 9.80 Å². The molecule has 4 bridgehead atoms. The van der Waals surface area contributed by atoms with E-state index in [-0.39, 0.29) is 47.3 Å². The SMILES string of the molecule is O=C1[C@@H]2C3c4ccccc4C(c4ccccc43)[C@@H]2C(=O)N1c1ccc(N2C(=O)[C@@H]3C4c5ccccc5C(c5ccccc54)[C@@H]3C2=O)cc1. The molecule has 4 amide bonds. The molecule has 6 aliphatic carbocycles. The number of imide groups is 2. The van der Waals surface area contributed by atoms with Gasteiger partial charge in [0.15, 0.2) is 0 Å². The largest absolute Gasteiger partial charge is 0.274 e. The summed E-state index contributed by atoms with van der Waals surface area (Å²) in [7, 11) is 0. The minimum absolute atomic E-state index is 0.181. The predicted octanol–water partition coefficient (Wildman–Crippen LogP) is 6.48. The van der Waals surface area contributed by atoms with E-state index < -0.39 is 23.7 Å². The molecular formula is C42H28N2O4. The van der Waals surface area contributed by atoms with Gasteiger partial charge in [-0.05, 0) is 68.8 Å². The zero-order valence-electron chi connectivity index (χ0n) is 25.7. The molecule has 4 atom stereocenters. The van der Waals surface area contributed by atoms with E-state index >= 15 is 0 Å². The highest BCUT2D eigenvalue weighted by molar-refractivity contribution is 6.25. The highest BCUT2D eigenvalue weighted by atomic mass is 16.2. The van der Waals surface area contributed by atoms with Crippen molar-refractivity contribution < 1.29 is 19.2 Å². The van der Waals surface area contributed by atoms with Gasteiger partial charge in [-0.25, -0.2) is 9.80 Å². The van der Waals surface area contributed by atoms with Crippen LogP contribution in [0.2, 0.25) is 0 Å². The standard InChI is InChI=1S/C42H28N2O4/c45-39-35-31-23-9-1-2-10-24(23)32(26-12-4-3-11-25(26)31)36(35)40(46)43(39)21-17-19-22(20-18-21)44-41(47)37-33-27-13-5-6-14-28(27)34(38(37)42(44)48)30-16-8-7-15-29(30)33/h1-20,31-38H/t31?,32?,33?,34?,35-,36+,37-,38+. The fourth-order valence-electron chi connectivity index (χ4n) is 10.6. The Balaban J connectivity index is 0.951. The van der Waals surface area contributed by atoms with Crippen molar-refractivity contribution >= 4 is 35.0 Å². The van der Waals surface area contributed by atoms with E-state index in [1.807, 2.05) is 48.5 Å². The second kappa shape index (κ2) is 9.04. The van der Waals surface area contributed by atoms with Crippen LogP contribution in [-0.2, 0) is 19.2 Å². The predicted molar refractivity (Wildman–Crippen MR) is 179 cm³/mol. The molecule has 0 saturated carbocycles. The molecule has 0 unspecified atom stereocenters. The van der Waals surface area contributed by atoms with Crippen LogP contribution < -0.4 is 9.80 Å². The Kier molecular flexibility index (Phi) is 4.98. The maximum Gasteiger partial charge on any atom is 0.238 e. The van der Waals surface area contributed by atoms with Crippen LogP contribution in [-0.4, -0.2) is 23.6 Å². The summed E-state index contributed by atoms with van der Waals surface area (Å²) < 4.78 is 0. The molecule has 5 aromatic rings. The number of hydrogen-bond acceptors (Lipinski definition) is 4. The van der Waals surface area contributed by atoms with Crippen molar-refractivity contribution in [3.05, 3.63) is 166 Å². The van der Waals surface area contributed by atoms with Gasteiger partial charge >= 0.3 is 0 Å². The van der Waals surface area contributed by atoms with E-state index in [9.17, 15) is 19.2 Å². The number of hydrogen-bond donors (Lipinski definition) is 0. The second-order valence-electron chi connectivity index (χ2n) is 14.1. The van der Waals surface area contributed by atoms with E-state index in [4.69, 9.17) is 0 Å². The Morgan fingerprint density at radius 3 is 0.667 bits per heavy atom. The third kappa shape index (κ3) is 3.00. The van der Waals surface area contributed by atoms with Gasteiger partial charge in [0.2, 0.25) is 23.6 Å². The van der Waals surface area contributed by atoms with Gasteiger partial charge in [0.1, 0.15) is 0 Å². The van der Waals surface area contributed by atoms with Crippen LogP contribution in [0.5, 0.6) is 0 Å². The number of benzene rings is 5. The van der Waals surface area contributed by atoms with Crippen LogP contribution in [0.15, 0.2) is 121 Å². The molecule has 2 heterocycles. The van der Waals surface area contributed by atoms with Gasteiger partial charge in [-0.15, -0.1) is 0 Å². The Hall–Kier alpha value is -5.62.